The highest BCUT2D eigenvalue weighted by Crippen LogP contribution is 2.89. The van der Waals surface area contributed by atoms with Crippen LogP contribution in [0.5, 0.6) is 0 Å². The van der Waals surface area contributed by atoms with Gasteiger partial charge in [-0.15, -0.1) is 0 Å². The van der Waals surface area contributed by atoms with Crippen LogP contribution >= 0.6 is 0 Å². The first-order valence-corrected chi connectivity index (χ1v) is 13.1. The van der Waals surface area contributed by atoms with Crippen molar-refractivity contribution >= 4 is 0 Å². The molecule has 0 amide bonds. The first-order chi connectivity index (χ1) is 14.1. The highest BCUT2D eigenvalue weighted by molar-refractivity contribution is 5.32. The van der Waals surface area contributed by atoms with Crippen molar-refractivity contribution < 1.29 is 14.9 Å². The number of hydrogen-bond acceptors (Lipinski definition) is 3. The van der Waals surface area contributed by atoms with Crippen LogP contribution in [0.25, 0.3) is 0 Å². The van der Waals surface area contributed by atoms with Crippen molar-refractivity contribution in [2.24, 2.45) is 44.8 Å². The molecule has 30 heavy (non-hydrogen) atoms. The summed E-state index contributed by atoms with van der Waals surface area (Å²) in [6.45, 7) is 11.9. The summed E-state index contributed by atoms with van der Waals surface area (Å²) >= 11 is 0. The summed E-state index contributed by atoms with van der Waals surface area (Å²) in [4.78, 5) is 0. The first-order valence-electron chi connectivity index (χ1n) is 13.1. The molecule has 5 saturated carbocycles. The number of rotatable bonds is 1. The Labute approximate surface area is 183 Å². The maximum Gasteiger partial charge on any atom is 0.0876 e. The molecule has 3 nitrogen and oxygen atoms in total. The smallest absolute Gasteiger partial charge is 0.0876 e. The number of aliphatic hydroxyl groups excluding tert-OH is 2. The monoisotopic (exact) mass is 416 g/mol. The molecule has 3 heteroatoms. The van der Waals surface area contributed by atoms with E-state index in [1.807, 2.05) is 0 Å². The Morgan fingerprint density at radius 2 is 1.53 bits per heavy atom. The zero-order valence-corrected chi connectivity index (χ0v) is 19.9. The molecule has 0 bridgehead atoms. The molecular formula is C27H44O3. The molecule has 6 rings (SSSR count). The minimum atomic E-state index is -0.319. The third-order valence-electron chi connectivity index (χ3n) is 13.0. The van der Waals surface area contributed by atoms with Crippen LogP contribution in [0.2, 0.25) is 0 Å². The first kappa shape index (κ1) is 20.5. The Morgan fingerprint density at radius 1 is 0.833 bits per heavy atom. The molecule has 5 aliphatic carbocycles. The Bertz CT molecular complexity index is 748. The van der Waals surface area contributed by atoms with Crippen LogP contribution in [-0.2, 0) is 4.74 Å². The van der Waals surface area contributed by atoms with Crippen molar-refractivity contribution in [3.63, 3.8) is 0 Å². The SMILES string of the molecule is CC[C@H]1CCC2[C@H](O1)[C@H](O)[C@@]1(C)C3CCC4C(C)(C)[C@@H](O)CC[C@@]45C[C@@]35CC[C@]21C. The number of hydrogen-bond donors (Lipinski definition) is 2. The van der Waals surface area contributed by atoms with Gasteiger partial charge in [-0.25, -0.2) is 0 Å². The average Bonchev–Trinajstić information content (AvgIpc) is 3.36. The van der Waals surface area contributed by atoms with E-state index >= 15 is 0 Å². The minimum Gasteiger partial charge on any atom is -0.393 e. The molecular weight excluding hydrogens is 372 g/mol. The van der Waals surface area contributed by atoms with Gasteiger partial charge in [0.05, 0.1) is 24.4 Å². The third-order valence-corrected chi connectivity index (χ3v) is 13.0. The highest BCUT2D eigenvalue weighted by Gasteiger charge is 2.84. The second kappa shape index (κ2) is 5.86. The standard InChI is InChI=1S/C27H44O3/c1-6-16-7-8-17-21(30-16)22(29)25(5)19-10-9-18-23(2,3)20(28)11-12-26(18)15-27(19,26)14-13-24(17,25)4/h16-22,28-29H,6-15H2,1-5H3/t16-,17?,18?,19?,20-,21-,22-,24+,25+,26+,27-/m0/s1. The summed E-state index contributed by atoms with van der Waals surface area (Å²) in [7, 11) is 0. The lowest BCUT2D eigenvalue weighted by Crippen LogP contribution is -2.59. The quantitative estimate of drug-likeness (QED) is 0.608. The molecule has 1 aliphatic heterocycles. The topological polar surface area (TPSA) is 49.7 Å². The van der Waals surface area contributed by atoms with Crippen LogP contribution < -0.4 is 0 Å². The van der Waals surface area contributed by atoms with Crippen LogP contribution in [-0.4, -0.2) is 34.6 Å². The van der Waals surface area contributed by atoms with Crippen molar-refractivity contribution in [2.75, 3.05) is 0 Å². The Morgan fingerprint density at radius 3 is 2.27 bits per heavy atom. The van der Waals surface area contributed by atoms with E-state index in [1.54, 1.807) is 0 Å². The maximum atomic E-state index is 11.9. The minimum absolute atomic E-state index is 0.0299. The van der Waals surface area contributed by atoms with Gasteiger partial charge in [-0.05, 0) is 104 Å². The van der Waals surface area contributed by atoms with Gasteiger partial charge in [0, 0.05) is 5.41 Å². The van der Waals surface area contributed by atoms with Crippen molar-refractivity contribution in [3.05, 3.63) is 0 Å². The summed E-state index contributed by atoms with van der Waals surface area (Å²) in [5.74, 6) is 1.80. The van der Waals surface area contributed by atoms with Gasteiger partial charge < -0.3 is 14.9 Å². The fourth-order valence-electron chi connectivity index (χ4n) is 11.1. The average molecular weight is 417 g/mol. The van der Waals surface area contributed by atoms with E-state index in [0.717, 1.165) is 12.8 Å². The van der Waals surface area contributed by atoms with E-state index in [4.69, 9.17) is 4.74 Å². The van der Waals surface area contributed by atoms with E-state index in [-0.39, 0.29) is 34.6 Å². The molecule has 2 spiro atoms. The van der Waals surface area contributed by atoms with Gasteiger partial charge in [0.25, 0.3) is 0 Å². The lowest BCUT2D eigenvalue weighted by molar-refractivity contribution is -0.182. The fourth-order valence-corrected chi connectivity index (χ4v) is 11.1. The lowest BCUT2D eigenvalue weighted by Gasteiger charge is -2.63. The predicted octanol–water partition coefficient (Wildman–Crippen LogP) is 5.32. The van der Waals surface area contributed by atoms with Crippen molar-refractivity contribution in [1.29, 1.82) is 0 Å². The summed E-state index contributed by atoms with van der Waals surface area (Å²) in [6.07, 6.45) is 12.0. The Hall–Kier alpha value is -0.120. The Balaban J connectivity index is 1.39. The van der Waals surface area contributed by atoms with Gasteiger partial charge in [-0.2, -0.15) is 0 Å². The number of fused-ring (bicyclic) bond motifs is 4. The zero-order chi connectivity index (χ0) is 21.3. The van der Waals surface area contributed by atoms with Gasteiger partial charge in [0.15, 0.2) is 0 Å². The second-order valence-corrected chi connectivity index (χ2v) is 13.5. The Kier molecular flexibility index (Phi) is 4.00. The van der Waals surface area contributed by atoms with Gasteiger partial charge >= 0.3 is 0 Å². The summed E-state index contributed by atoms with van der Waals surface area (Å²) in [6, 6.07) is 0. The molecule has 0 radical (unpaired) electrons. The van der Waals surface area contributed by atoms with Gasteiger partial charge in [0.1, 0.15) is 0 Å². The third kappa shape index (κ3) is 1.98. The maximum absolute atomic E-state index is 11.9. The number of aliphatic hydroxyl groups is 2. The molecule has 0 aromatic heterocycles. The van der Waals surface area contributed by atoms with Gasteiger partial charge in [0.2, 0.25) is 0 Å². The summed E-state index contributed by atoms with van der Waals surface area (Å²) < 4.78 is 6.59. The predicted molar refractivity (Wildman–Crippen MR) is 118 cm³/mol. The van der Waals surface area contributed by atoms with Gasteiger partial charge in [-0.1, -0.05) is 34.6 Å². The van der Waals surface area contributed by atoms with E-state index in [0.29, 0.717) is 34.7 Å². The molecule has 0 aromatic rings. The molecule has 1 heterocycles. The van der Waals surface area contributed by atoms with E-state index in [9.17, 15) is 10.2 Å². The van der Waals surface area contributed by atoms with Crippen molar-refractivity contribution in [3.8, 4) is 0 Å². The highest BCUT2D eigenvalue weighted by atomic mass is 16.5. The molecule has 11 atom stereocenters. The lowest BCUT2D eigenvalue weighted by atomic mass is 9.41. The molecule has 6 fully saturated rings. The van der Waals surface area contributed by atoms with E-state index in [1.165, 1.54) is 51.4 Å². The van der Waals surface area contributed by atoms with Crippen LogP contribution in [0, 0.1) is 44.8 Å². The van der Waals surface area contributed by atoms with E-state index < -0.39 is 0 Å². The molecule has 2 N–H and O–H groups in total. The molecule has 3 unspecified atom stereocenters. The molecule has 1 saturated heterocycles. The van der Waals surface area contributed by atoms with Crippen molar-refractivity contribution in [1.82, 2.24) is 0 Å². The molecule has 170 valence electrons. The second-order valence-electron chi connectivity index (χ2n) is 13.5. The summed E-state index contributed by atoms with van der Waals surface area (Å²) in [5, 5.41) is 22.7. The van der Waals surface area contributed by atoms with Gasteiger partial charge in [-0.3, -0.25) is 0 Å². The van der Waals surface area contributed by atoms with Crippen LogP contribution in [0.15, 0.2) is 0 Å². The van der Waals surface area contributed by atoms with E-state index in [2.05, 4.69) is 34.6 Å². The fraction of sp³-hybridized carbons (Fsp3) is 1.00. The summed E-state index contributed by atoms with van der Waals surface area (Å²) in [5.41, 5.74) is 1.06. The molecule has 6 aliphatic rings. The van der Waals surface area contributed by atoms with Crippen molar-refractivity contribution in [2.45, 2.75) is 123 Å². The number of ether oxygens (including phenoxy) is 1. The van der Waals surface area contributed by atoms with Crippen LogP contribution in [0.1, 0.15) is 98.8 Å². The van der Waals surface area contributed by atoms with Crippen LogP contribution in [0.3, 0.4) is 0 Å². The zero-order valence-electron chi connectivity index (χ0n) is 19.9. The molecule has 0 aromatic carbocycles. The largest absolute Gasteiger partial charge is 0.393 e. The normalized spacial score (nSPS) is 63.1. The van der Waals surface area contributed by atoms with Crippen LogP contribution in [0.4, 0.5) is 0 Å².